The molecule has 5 nitrogen and oxygen atoms in total. The molecule has 0 aliphatic heterocycles. The summed E-state index contributed by atoms with van der Waals surface area (Å²) in [7, 11) is 0. The molecule has 1 aromatic rings. The molecule has 0 radical (unpaired) electrons. The van der Waals surface area contributed by atoms with Gasteiger partial charge in [0.2, 0.25) is 5.91 Å². The van der Waals surface area contributed by atoms with Gasteiger partial charge in [-0.15, -0.1) is 0 Å². The van der Waals surface area contributed by atoms with Crippen LogP contribution in [0.2, 0.25) is 0 Å². The highest BCUT2D eigenvalue weighted by Crippen LogP contribution is 2.38. The number of ether oxygens (including phenoxy) is 1. The quantitative estimate of drug-likeness (QED) is 0.779. The highest BCUT2D eigenvalue weighted by atomic mass is 79.9. The maximum atomic E-state index is 11.5. The summed E-state index contributed by atoms with van der Waals surface area (Å²) in [5, 5.41) is 11.4. The summed E-state index contributed by atoms with van der Waals surface area (Å²) in [4.78, 5) is 22.2. The topological polar surface area (TPSA) is 75.6 Å². The second-order valence-corrected chi connectivity index (χ2v) is 5.30. The number of carboxylic acid groups (broad SMARTS) is 1. The van der Waals surface area contributed by atoms with Crippen molar-refractivity contribution in [1.29, 1.82) is 0 Å². The van der Waals surface area contributed by atoms with Gasteiger partial charge in [0.15, 0.2) is 0 Å². The summed E-state index contributed by atoms with van der Waals surface area (Å²) in [6.45, 7) is 0.732. The molecule has 1 aliphatic rings. The molecule has 19 heavy (non-hydrogen) atoms. The predicted octanol–water partition coefficient (Wildman–Crippen LogP) is 1.66. The van der Waals surface area contributed by atoms with Crippen molar-refractivity contribution < 1.29 is 19.4 Å². The summed E-state index contributed by atoms with van der Waals surface area (Å²) in [6, 6.07) is 7.39. The van der Waals surface area contributed by atoms with E-state index in [1.54, 1.807) is 0 Å². The van der Waals surface area contributed by atoms with Crippen molar-refractivity contribution in [2.75, 3.05) is 13.2 Å². The molecule has 6 heteroatoms. The summed E-state index contributed by atoms with van der Waals surface area (Å²) < 4.78 is 6.41. The molecule has 1 amide bonds. The molecule has 2 N–H and O–H groups in total. The molecule has 102 valence electrons. The highest BCUT2D eigenvalue weighted by molar-refractivity contribution is 9.10. The van der Waals surface area contributed by atoms with E-state index in [2.05, 4.69) is 21.2 Å². The zero-order valence-electron chi connectivity index (χ0n) is 10.1. The van der Waals surface area contributed by atoms with Gasteiger partial charge in [-0.3, -0.25) is 9.59 Å². The Morgan fingerprint density at radius 1 is 1.32 bits per heavy atom. The minimum atomic E-state index is -0.897. The number of halogens is 1. The zero-order chi connectivity index (χ0) is 13.8. The third-order valence-corrected chi connectivity index (χ3v) is 3.46. The van der Waals surface area contributed by atoms with Crippen LogP contribution >= 0.6 is 15.9 Å². The van der Waals surface area contributed by atoms with Crippen molar-refractivity contribution in [2.24, 2.45) is 11.8 Å². The van der Waals surface area contributed by atoms with Gasteiger partial charge in [-0.25, -0.2) is 0 Å². The van der Waals surface area contributed by atoms with Crippen molar-refractivity contribution in [3.05, 3.63) is 28.7 Å². The van der Waals surface area contributed by atoms with Crippen LogP contribution in [0.1, 0.15) is 6.42 Å². The number of carboxylic acids is 1. The molecule has 2 unspecified atom stereocenters. The fourth-order valence-corrected chi connectivity index (χ4v) is 2.03. The molecule has 0 spiro atoms. The first kappa shape index (κ1) is 13.9. The Morgan fingerprint density at radius 2 is 2.00 bits per heavy atom. The summed E-state index contributed by atoms with van der Waals surface area (Å²) >= 11 is 3.33. The van der Waals surface area contributed by atoms with E-state index in [1.165, 1.54) is 0 Å². The average molecular weight is 328 g/mol. The lowest BCUT2D eigenvalue weighted by Crippen LogP contribution is -2.30. The van der Waals surface area contributed by atoms with Gasteiger partial charge in [0, 0.05) is 4.47 Å². The number of hydrogen-bond donors (Lipinski definition) is 2. The van der Waals surface area contributed by atoms with E-state index in [1.807, 2.05) is 24.3 Å². The molecule has 2 rings (SSSR count). The van der Waals surface area contributed by atoms with E-state index >= 15 is 0 Å². The number of hydrogen-bond acceptors (Lipinski definition) is 3. The molecular formula is C13H14BrNO4. The second kappa shape index (κ2) is 6.06. The van der Waals surface area contributed by atoms with E-state index in [-0.39, 0.29) is 11.8 Å². The van der Waals surface area contributed by atoms with Gasteiger partial charge in [0.05, 0.1) is 18.4 Å². The number of rotatable bonds is 6. The maximum Gasteiger partial charge on any atom is 0.307 e. The average Bonchev–Trinajstić information content (AvgIpc) is 3.17. The highest BCUT2D eigenvalue weighted by Gasteiger charge is 2.48. The van der Waals surface area contributed by atoms with Gasteiger partial charge in [0.1, 0.15) is 12.4 Å². The van der Waals surface area contributed by atoms with Crippen LogP contribution < -0.4 is 10.1 Å². The Balaban J connectivity index is 1.63. The van der Waals surface area contributed by atoms with Crippen molar-refractivity contribution in [2.45, 2.75) is 6.42 Å². The number of nitrogens with one attached hydrogen (secondary N) is 1. The van der Waals surface area contributed by atoms with Gasteiger partial charge in [0.25, 0.3) is 0 Å². The van der Waals surface area contributed by atoms with E-state index in [9.17, 15) is 9.59 Å². The normalized spacial score (nSPS) is 20.7. The number of carbonyl (C=O) groups excluding carboxylic acids is 1. The molecule has 2 atom stereocenters. The molecule has 1 aliphatic carbocycles. The molecule has 1 aromatic carbocycles. The number of benzene rings is 1. The van der Waals surface area contributed by atoms with Crippen LogP contribution in [0.25, 0.3) is 0 Å². The third-order valence-electron chi connectivity index (χ3n) is 2.93. The van der Waals surface area contributed by atoms with Crippen molar-refractivity contribution >= 4 is 27.8 Å². The molecule has 1 fully saturated rings. The first-order valence-corrected chi connectivity index (χ1v) is 6.76. The first-order chi connectivity index (χ1) is 9.08. The van der Waals surface area contributed by atoms with Crippen LogP contribution in [0.4, 0.5) is 0 Å². The predicted molar refractivity (Wildman–Crippen MR) is 71.9 cm³/mol. The Bertz CT molecular complexity index is 474. The van der Waals surface area contributed by atoms with Crippen LogP contribution in [-0.4, -0.2) is 30.1 Å². The van der Waals surface area contributed by atoms with Crippen LogP contribution in [-0.2, 0) is 9.59 Å². The van der Waals surface area contributed by atoms with E-state index in [0.29, 0.717) is 19.6 Å². The van der Waals surface area contributed by atoms with Crippen LogP contribution in [0.15, 0.2) is 28.7 Å². The lowest BCUT2D eigenvalue weighted by molar-refractivity contribution is -0.140. The Hall–Kier alpha value is -1.56. The smallest absolute Gasteiger partial charge is 0.307 e. The Morgan fingerprint density at radius 3 is 2.58 bits per heavy atom. The maximum absolute atomic E-state index is 11.5. The minimum absolute atomic E-state index is 0.202. The molecule has 1 saturated carbocycles. The van der Waals surface area contributed by atoms with E-state index < -0.39 is 11.9 Å². The second-order valence-electron chi connectivity index (χ2n) is 4.38. The fourth-order valence-electron chi connectivity index (χ4n) is 1.76. The van der Waals surface area contributed by atoms with Crippen LogP contribution in [0, 0.1) is 11.8 Å². The lowest BCUT2D eigenvalue weighted by Gasteiger charge is -2.07. The van der Waals surface area contributed by atoms with Crippen molar-refractivity contribution in [3.8, 4) is 5.75 Å². The van der Waals surface area contributed by atoms with Gasteiger partial charge in [-0.1, -0.05) is 15.9 Å². The monoisotopic (exact) mass is 327 g/mol. The fraction of sp³-hybridized carbons (Fsp3) is 0.385. The molecule has 0 saturated heterocycles. The molecular weight excluding hydrogens is 314 g/mol. The minimum Gasteiger partial charge on any atom is -0.492 e. The zero-order valence-corrected chi connectivity index (χ0v) is 11.7. The van der Waals surface area contributed by atoms with E-state index in [0.717, 1.165) is 10.2 Å². The third kappa shape index (κ3) is 3.96. The van der Waals surface area contributed by atoms with Gasteiger partial charge in [-0.2, -0.15) is 0 Å². The van der Waals surface area contributed by atoms with Crippen LogP contribution in [0.3, 0.4) is 0 Å². The van der Waals surface area contributed by atoms with Crippen molar-refractivity contribution in [1.82, 2.24) is 5.32 Å². The largest absolute Gasteiger partial charge is 0.492 e. The van der Waals surface area contributed by atoms with Crippen molar-refractivity contribution in [3.63, 3.8) is 0 Å². The van der Waals surface area contributed by atoms with Crippen LogP contribution in [0.5, 0.6) is 5.75 Å². The van der Waals surface area contributed by atoms with Gasteiger partial charge < -0.3 is 15.2 Å². The van der Waals surface area contributed by atoms with E-state index in [4.69, 9.17) is 9.84 Å². The molecule has 0 bridgehead atoms. The summed E-state index contributed by atoms with van der Waals surface area (Å²) in [6.07, 6.45) is 0.439. The number of carbonyl (C=O) groups is 2. The molecule has 0 aromatic heterocycles. The Kier molecular flexibility index (Phi) is 4.42. The summed E-state index contributed by atoms with van der Waals surface area (Å²) in [5.41, 5.74) is 0. The summed E-state index contributed by atoms with van der Waals surface area (Å²) in [5.74, 6) is -1.25. The number of aliphatic carboxylic acids is 1. The Labute approximate surface area is 119 Å². The SMILES string of the molecule is O=C(O)C1CC1C(=O)NCCOc1ccc(Br)cc1. The molecule has 0 heterocycles. The lowest BCUT2D eigenvalue weighted by atomic mass is 10.3. The standard InChI is InChI=1S/C13H14BrNO4/c14-8-1-3-9(4-2-8)19-6-5-15-12(16)10-7-11(10)13(17)18/h1-4,10-11H,5-7H2,(H,15,16)(H,17,18). The van der Waals surface area contributed by atoms with Gasteiger partial charge in [-0.05, 0) is 30.7 Å². The number of amides is 1. The first-order valence-electron chi connectivity index (χ1n) is 5.97. The van der Waals surface area contributed by atoms with Gasteiger partial charge >= 0.3 is 5.97 Å².